The molecule has 0 spiro atoms. The van der Waals surface area contributed by atoms with Gasteiger partial charge >= 0.3 is 0 Å². The van der Waals surface area contributed by atoms with Crippen molar-refractivity contribution in [3.8, 4) is 5.75 Å². The van der Waals surface area contributed by atoms with E-state index in [1.54, 1.807) is 0 Å². The van der Waals surface area contributed by atoms with Gasteiger partial charge in [-0.25, -0.2) is 4.99 Å². The van der Waals surface area contributed by atoms with Crippen molar-refractivity contribution in [3.05, 3.63) is 90.1 Å². The molecule has 27 heavy (non-hydrogen) atoms. The molecule has 4 aromatic rings. The summed E-state index contributed by atoms with van der Waals surface area (Å²) in [5, 5.41) is 5.52. The number of nitrogens with zero attached hydrogens (tertiary/aromatic N) is 3. The van der Waals surface area contributed by atoms with Crippen molar-refractivity contribution in [1.82, 2.24) is 9.78 Å². The average molecular weight is 355 g/mol. The van der Waals surface area contributed by atoms with E-state index in [1.165, 1.54) is 0 Å². The molecule has 1 aromatic heterocycles. The molecule has 0 aliphatic heterocycles. The van der Waals surface area contributed by atoms with Crippen LogP contribution in [0.5, 0.6) is 5.75 Å². The number of aryl methyl sites for hydroxylation is 1. The fourth-order valence-corrected chi connectivity index (χ4v) is 3.13. The van der Waals surface area contributed by atoms with Crippen LogP contribution in [0.4, 0.5) is 5.69 Å². The fourth-order valence-electron chi connectivity index (χ4n) is 3.13. The van der Waals surface area contributed by atoms with Gasteiger partial charge in [0.15, 0.2) is 0 Å². The van der Waals surface area contributed by atoms with Gasteiger partial charge in [0.25, 0.3) is 0 Å². The smallest absolute Gasteiger partial charge is 0.147 e. The molecular weight excluding hydrogens is 334 g/mol. The van der Waals surface area contributed by atoms with E-state index >= 15 is 0 Å². The Morgan fingerprint density at radius 3 is 2.19 bits per heavy atom. The van der Waals surface area contributed by atoms with E-state index in [0.717, 1.165) is 39.2 Å². The Balaban J connectivity index is 1.93. The highest BCUT2D eigenvalue weighted by Gasteiger charge is 2.12. The summed E-state index contributed by atoms with van der Waals surface area (Å²) in [6.45, 7) is 2.55. The summed E-state index contributed by atoms with van der Waals surface area (Å²) < 4.78 is 7.68. The van der Waals surface area contributed by atoms with Gasteiger partial charge in [0.05, 0.1) is 17.8 Å². The maximum atomic E-state index is 5.87. The van der Waals surface area contributed by atoms with Crippen molar-refractivity contribution in [1.29, 1.82) is 0 Å². The minimum Gasteiger partial charge on any atom is -0.492 e. The molecule has 3 aromatic carbocycles. The number of benzene rings is 3. The number of aromatic nitrogens is 2. The zero-order chi connectivity index (χ0) is 18.6. The van der Waals surface area contributed by atoms with Crippen molar-refractivity contribution in [3.63, 3.8) is 0 Å². The summed E-state index contributed by atoms with van der Waals surface area (Å²) in [4.78, 5) is 5.03. The van der Waals surface area contributed by atoms with Gasteiger partial charge in [-0.05, 0) is 13.0 Å². The van der Waals surface area contributed by atoms with E-state index in [4.69, 9.17) is 9.73 Å². The highest BCUT2D eigenvalue weighted by Crippen LogP contribution is 2.33. The number of fused-ring (bicyclic) bond motifs is 1. The van der Waals surface area contributed by atoms with Gasteiger partial charge in [-0.3, -0.25) is 4.68 Å². The number of aliphatic imine (C=N–C) groups is 1. The minimum absolute atomic E-state index is 0.576. The summed E-state index contributed by atoms with van der Waals surface area (Å²) in [5.74, 6) is 0.744. The maximum absolute atomic E-state index is 5.87. The van der Waals surface area contributed by atoms with Crippen molar-refractivity contribution in [2.75, 3.05) is 6.61 Å². The normalized spacial score (nSPS) is 10.7. The lowest BCUT2D eigenvalue weighted by Gasteiger charge is -2.11. The lowest BCUT2D eigenvalue weighted by Crippen LogP contribution is -2.03. The van der Waals surface area contributed by atoms with Crippen LogP contribution in [0.1, 0.15) is 18.1 Å². The Bertz CT molecular complexity index is 1040. The largest absolute Gasteiger partial charge is 0.492 e. The Labute approximate surface area is 158 Å². The number of hydrogen-bond acceptors (Lipinski definition) is 3. The van der Waals surface area contributed by atoms with E-state index in [2.05, 4.69) is 29.4 Å². The van der Waals surface area contributed by atoms with E-state index < -0.39 is 0 Å². The van der Waals surface area contributed by atoms with Crippen LogP contribution in [0.15, 0.2) is 84.0 Å². The van der Waals surface area contributed by atoms with Gasteiger partial charge in [0.2, 0.25) is 0 Å². The molecule has 0 amide bonds. The number of rotatable bonds is 5. The van der Waals surface area contributed by atoms with Crippen molar-refractivity contribution >= 4 is 22.3 Å². The van der Waals surface area contributed by atoms with Crippen LogP contribution < -0.4 is 4.74 Å². The SMILES string of the molecule is CCOc1cc2nn(C)cc2cc1N=C(c1ccccc1)c1ccccc1. The summed E-state index contributed by atoms with van der Waals surface area (Å²) in [6, 6.07) is 24.5. The highest BCUT2D eigenvalue weighted by atomic mass is 16.5. The van der Waals surface area contributed by atoms with E-state index in [0.29, 0.717) is 6.61 Å². The molecule has 4 rings (SSSR count). The molecule has 0 saturated carbocycles. The van der Waals surface area contributed by atoms with Gasteiger partial charge < -0.3 is 4.74 Å². The van der Waals surface area contributed by atoms with Crippen LogP contribution in [-0.2, 0) is 7.05 Å². The number of hydrogen-bond donors (Lipinski definition) is 0. The highest BCUT2D eigenvalue weighted by molar-refractivity contribution is 6.14. The average Bonchev–Trinajstić information content (AvgIpc) is 3.06. The Morgan fingerprint density at radius 2 is 1.59 bits per heavy atom. The van der Waals surface area contributed by atoms with E-state index in [9.17, 15) is 0 Å². The lowest BCUT2D eigenvalue weighted by molar-refractivity contribution is 0.342. The predicted molar refractivity (Wildman–Crippen MR) is 110 cm³/mol. The molecule has 0 unspecified atom stereocenters. The Kier molecular flexibility index (Phi) is 4.71. The van der Waals surface area contributed by atoms with Crippen molar-refractivity contribution in [2.24, 2.45) is 12.0 Å². The van der Waals surface area contributed by atoms with Crippen molar-refractivity contribution < 1.29 is 4.74 Å². The Hall–Kier alpha value is -3.40. The third-order valence-corrected chi connectivity index (χ3v) is 4.33. The lowest BCUT2D eigenvalue weighted by atomic mass is 10.0. The van der Waals surface area contributed by atoms with Crippen LogP contribution in [0.3, 0.4) is 0 Å². The van der Waals surface area contributed by atoms with E-state index in [-0.39, 0.29) is 0 Å². The molecule has 4 nitrogen and oxygen atoms in total. The first-order valence-corrected chi connectivity index (χ1v) is 9.04. The fraction of sp³-hybridized carbons (Fsp3) is 0.130. The summed E-state index contributed by atoms with van der Waals surface area (Å²) >= 11 is 0. The first-order valence-electron chi connectivity index (χ1n) is 9.04. The summed E-state index contributed by atoms with van der Waals surface area (Å²) in [5.41, 5.74) is 4.76. The van der Waals surface area contributed by atoms with Gasteiger partial charge in [-0.2, -0.15) is 5.10 Å². The van der Waals surface area contributed by atoms with Crippen LogP contribution in [0.25, 0.3) is 10.9 Å². The quantitative estimate of drug-likeness (QED) is 0.465. The molecule has 0 fully saturated rings. The second-order valence-corrected chi connectivity index (χ2v) is 6.31. The van der Waals surface area contributed by atoms with Gasteiger partial charge in [0, 0.05) is 35.8 Å². The predicted octanol–water partition coefficient (Wildman–Crippen LogP) is 5.14. The molecule has 0 atom stereocenters. The standard InChI is InChI=1S/C23H21N3O/c1-3-27-22-15-20-19(16-26(2)25-20)14-21(22)24-23(17-10-6-4-7-11-17)18-12-8-5-9-13-18/h4-16H,3H2,1-2H3. The molecule has 0 bridgehead atoms. The zero-order valence-corrected chi connectivity index (χ0v) is 15.5. The van der Waals surface area contributed by atoms with Crippen LogP contribution >= 0.6 is 0 Å². The summed E-state index contributed by atoms with van der Waals surface area (Å²) in [6.07, 6.45) is 1.99. The van der Waals surface area contributed by atoms with Gasteiger partial charge in [-0.15, -0.1) is 0 Å². The number of ether oxygens (including phenoxy) is 1. The summed E-state index contributed by atoms with van der Waals surface area (Å²) in [7, 11) is 1.92. The van der Waals surface area contributed by atoms with E-state index in [1.807, 2.05) is 73.4 Å². The second-order valence-electron chi connectivity index (χ2n) is 6.31. The van der Waals surface area contributed by atoms with Crippen molar-refractivity contribution in [2.45, 2.75) is 6.92 Å². The third kappa shape index (κ3) is 3.60. The molecule has 0 saturated heterocycles. The third-order valence-electron chi connectivity index (χ3n) is 4.33. The van der Waals surface area contributed by atoms with Crippen LogP contribution in [0.2, 0.25) is 0 Å². The molecule has 0 N–H and O–H groups in total. The van der Waals surface area contributed by atoms with Gasteiger partial charge in [-0.1, -0.05) is 60.7 Å². The first kappa shape index (κ1) is 17.0. The first-order chi connectivity index (χ1) is 13.2. The van der Waals surface area contributed by atoms with Crippen LogP contribution in [0, 0.1) is 0 Å². The second kappa shape index (κ2) is 7.46. The molecule has 4 heteroatoms. The molecule has 134 valence electrons. The molecule has 0 radical (unpaired) electrons. The maximum Gasteiger partial charge on any atom is 0.147 e. The monoisotopic (exact) mass is 355 g/mol. The molecule has 0 aliphatic carbocycles. The van der Waals surface area contributed by atoms with Crippen LogP contribution in [-0.4, -0.2) is 22.1 Å². The zero-order valence-electron chi connectivity index (χ0n) is 15.5. The van der Waals surface area contributed by atoms with Gasteiger partial charge in [0.1, 0.15) is 11.4 Å². The minimum atomic E-state index is 0.576. The topological polar surface area (TPSA) is 39.4 Å². The Morgan fingerprint density at radius 1 is 0.963 bits per heavy atom. The molecular formula is C23H21N3O. The molecule has 1 heterocycles. The molecule has 0 aliphatic rings.